The van der Waals surface area contributed by atoms with E-state index in [0.717, 1.165) is 11.3 Å². The van der Waals surface area contributed by atoms with Gasteiger partial charge in [0.2, 0.25) is 10.0 Å². The summed E-state index contributed by atoms with van der Waals surface area (Å²) in [5.41, 5.74) is 0. The summed E-state index contributed by atoms with van der Waals surface area (Å²) in [6.07, 6.45) is 0.876. The fourth-order valence-electron chi connectivity index (χ4n) is 2.30. The Kier molecular flexibility index (Phi) is 4.97. The molecule has 1 unspecified atom stereocenters. The first-order valence-electron chi connectivity index (χ1n) is 6.29. The highest BCUT2D eigenvalue weighted by Gasteiger charge is 2.32. The van der Waals surface area contributed by atoms with Crippen molar-refractivity contribution in [1.82, 2.24) is 9.62 Å². The smallest absolute Gasteiger partial charge is 0.243 e. The second kappa shape index (κ2) is 6.32. The first-order valence-corrected chi connectivity index (χ1v) is 8.61. The van der Waals surface area contributed by atoms with E-state index in [-0.39, 0.29) is 0 Å². The topological polar surface area (TPSA) is 58.6 Å². The zero-order valence-corrected chi connectivity index (χ0v) is 12.9. The number of hydrogen-bond acceptors (Lipinski definition) is 5. The molecule has 1 fully saturated rings. The van der Waals surface area contributed by atoms with Gasteiger partial charge in [-0.3, -0.25) is 0 Å². The van der Waals surface area contributed by atoms with Gasteiger partial charge >= 0.3 is 0 Å². The zero-order valence-electron chi connectivity index (χ0n) is 11.3. The van der Waals surface area contributed by atoms with Crippen LogP contribution in [0, 0.1) is 5.92 Å². The average molecular weight is 304 g/mol. The van der Waals surface area contributed by atoms with E-state index in [0.29, 0.717) is 37.1 Å². The molecule has 1 aliphatic rings. The maximum Gasteiger partial charge on any atom is 0.243 e. The van der Waals surface area contributed by atoms with Crippen LogP contribution in [0.4, 0.5) is 0 Å². The molecule has 7 heteroatoms. The van der Waals surface area contributed by atoms with Gasteiger partial charge in [0.15, 0.2) is 0 Å². The molecule has 0 spiro atoms. The summed E-state index contributed by atoms with van der Waals surface area (Å²) in [5.74, 6) is 0.315. The van der Waals surface area contributed by atoms with Crippen LogP contribution >= 0.6 is 11.3 Å². The van der Waals surface area contributed by atoms with Crippen LogP contribution in [-0.4, -0.2) is 46.6 Å². The highest BCUT2D eigenvalue weighted by atomic mass is 32.2. The Hall–Kier alpha value is -0.470. The molecule has 0 radical (unpaired) electrons. The number of methoxy groups -OCH3 is 1. The largest absolute Gasteiger partial charge is 0.384 e. The van der Waals surface area contributed by atoms with Gasteiger partial charge in [-0.25, -0.2) is 8.42 Å². The van der Waals surface area contributed by atoms with Gasteiger partial charge in [-0.15, -0.1) is 11.3 Å². The van der Waals surface area contributed by atoms with Crippen LogP contribution in [-0.2, 0) is 21.3 Å². The molecule has 2 heterocycles. The number of sulfonamides is 1. The predicted octanol–water partition coefficient (Wildman–Crippen LogP) is 1.12. The quantitative estimate of drug-likeness (QED) is 0.856. The molecule has 1 saturated heterocycles. The highest BCUT2D eigenvalue weighted by molar-refractivity contribution is 7.89. The number of rotatable bonds is 6. The number of thiophene rings is 1. The molecular weight excluding hydrogens is 284 g/mol. The molecule has 0 saturated carbocycles. The van der Waals surface area contributed by atoms with Crippen LogP contribution < -0.4 is 5.32 Å². The molecule has 1 aromatic heterocycles. The van der Waals surface area contributed by atoms with Crippen molar-refractivity contribution >= 4 is 21.4 Å². The molecule has 108 valence electrons. The molecule has 1 atom stereocenters. The molecule has 1 aromatic rings. The third-order valence-electron chi connectivity index (χ3n) is 3.27. The summed E-state index contributed by atoms with van der Waals surface area (Å²) in [7, 11) is 0.177. The Morgan fingerprint density at radius 2 is 2.37 bits per heavy atom. The van der Waals surface area contributed by atoms with Gasteiger partial charge in [-0.2, -0.15) is 4.31 Å². The number of nitrogens with one attached hydrogen (secondary N) is 1. The van der Waals surface area contributed by atoms with Gasteiger partial charge in [0.1, 0.15) is 0 Å². The maximum atomic E-state index is 12.5. The Labute approximate surface area is 118 Å². The lowest BCUT2D eigenvalue weighted by Gasteiger charge is -2.15. The lowest BCUT2D eigenvalue weighted by atomic mass is 10.1. The van der Waals surface area contributed by atoms with Crippen LogP contribution in [0.15, 0.2) is 16.3 Å². The Bertz CT molecular complexity index is 513. The third-order valence-corrected chi connectivity index (χ3v) is 6.20. The summed E-state index contributed by atoms with van der Waals surface area (Å²) >= 11 is 1.48. The fourth-order valence-corrected chi connectivity index (χ4v) is 5.10. The molecule has 19 heavy (non-hydrogen) atoms. The van der Waals surface area contributed by atoms with E-state index in [1.807, 2.05) is 7.05 Å². The van der Waals surface area contributed by atoms with Crippen molar-refractivity contribution in [3.63, 3.8) is 0 Å². The third kappa shape index (κ3) is 3.35. The summed E-state index contributed by atoms with van der Waals surface area (Å²) in [6, 6.07) is 1.76. The number of hydrogen-bond donors (Lipinski definition) is 1. The maximum absolute atomic E-state index is 12.5. The second-order valence-electron chi connectivity index (χ2n) is 4.75. The van der Waals surface area contributed by atoms with Crippen LogP contribution in [0.1, 0.15) is 11.3 Å². The lowest BCUT2D eigenvalue weighted by molar-refractivity contribution is 0.157. The van der Waals surface area contributed by atoms with Crippen molar-refractivity contribution in [2.75, 3.05) is 33.9 Å². The van der Waals surface area contributed by atoms with Gasteiger partial charge in [0.05, 0.1) is 11.5 Å². The van der Waals surface area contributed by atoms with Crippen molar-refractivity contribution < 1.29 is 13.2 Å². The monoisotopic (exact) mass is 304 g/mol. The summed E-state index contributed by atoms with van der Waals surface area (Å²) in [4.78, 5) is 1.45. The van der Waals surface area contributed by atoms with E-state index >= 15 is 0 Å². The standard InChI is InChI=1S/C12H20N2O3S2/c1-13-6-11-5-12(9-18-11)19(15,16)14-4-3-10(7-14)8-17-2/h5,9-10,13H,3-4,6-8H2,1-2H3. The summed E-state index contributed by atoms with van der Waals surface area (Å²) in [6.45, 7) is 2.48. The molecule has 0 aliphatic carbocycles. The van der Waals surface area contributed by atoms with E-state index in [4.69, 9.17) is 4.74 Å². The van der Waals surface area contributed by atoms with Crippen molar-refractivity contribution in [3.8, 4) is 0 Å². The van der Waals surface area contributed by atoms with Crippen molar-refractivity contribution in [3.05, 3.63) is 16.3 Å². The normalized spacial score (nSPS) is 21.1. The second-order valence-corrected chi connectivity index (χ2v) is 7.69. The number of nitrogens with zero attached hydrogens (tertiary/aromatic N) is 1. The molecule has 1 aliphatic heterocycles. The van der Waals surface area contributed by atoms with E-state index in [2.05, 4.69) is 5.32 Å². The van der Waals surface area contributed by atoms with Gasteiger partial charge < -0.3 is 10.1 Å². The van der Waals surface area contributed by atoms with Gasteiger partial charge in [-0.1, -0.05) is 0 Å². The van der Waals surface area contributed by atoms with E-state index < -0.39 is 10.0 Å². The summed E-state index contributed by atoms with van der Waals surface area (Å²) < 4.78 is 31.6. The molecule has 5 nitrogen and oxygen atoms in total. The minimum atomic E-state index is -3.33. The predicted molar refractivity (Wildman–Crippen MR) is 75.8 cm³/mol. The van der Waals surface area contributed by atoms with E-state index in [1.54, 1.807) is 22.9 Å². The first kappa shape index (κ1) is 14.9. The van der Waals surface area contributed by atoms with Gasteiger partial charge in [-0.05, 0) is 25.5 Å². The van der Waals surface area contributed by atoms with Crippen molar-refractivity contribution in [2.24, 2.45) is 5.92 Å². The summed E-state index contributed by atoms with van der Waals surface area (Å²) in [5, 5.41) is 4.76. The van der Waals surface area contributed by atoms with Crippen LogP contribution in [0.5, 0.6) is 0 Å². The minimum absolute atomic E-state index is 0.315. The SMILES string of the molecule is CNCc1cc(S(=O)(=O)N2CCC(COC)C2)cs1. The zero-order chi connectivity index (χ0) is 13.9. The highest BCUT2D eigenvalue weighted by Crippen LogP contribution is 2.27. The van der Waals surface area contributed by atoms with Crippen LogP contribution in [0.2, 0.25) is 0 Å². The molecule has 0 amide bonds. The molecule has 2 rings (SSSR count). The van der Waals surface area contributed by atoms with Crippen LogP contribution in [0.3, 0.4) is 0 Å². The number of ether oxygens (including phenoxy) is 1. The Morgan fingerprint density at radius 3 is 3.05 bits per heavy atom. The van der Waals surface area contributed by atoms with E-state index in [1.165, 1.54) is 11.3 Å². The van der Waals surface area contributed by atoms with Crippen LogP contribution in [0.25, 0.3) is 0 Å². The van der Waals surface area contributed by atoms with Gasteiger partial charge in [0.25, 0.3) is 0 Å². The molecule has 1 N–H and O–H groups in total. The fraction of sp³-hybridized carbons (Fsp3) is 0.667. The lowest BCUT2D eigenvalue weighted by Crippen LogP contribution is -2.29. The minimum Gasteiger partial charge on any atom is -0.384 e. The van der Waals surface area contributed by atoms with E-state index in [9.17, 15) is 8.42 Å². The van der Waals surface area contributed by atoms with Gasteiger partial charge in [0, 0.05) is 37.0 Å². The Morgan fingerprint density at radius 1 is 1.58 bits per heavy atom. The molecule has 0 bridgehead atoms. The van der Waals surface area contributed by atoms with Crippen molar-refractivity contribution in [1.29, 1.82) is 0 Å². The Balaban J connectivity index is 2.09. The van der Waals surface area contributed by atoms with Crippen molar-refractivity contribution in [2.45, 2.75) is 17.9 Å². The first-order chi connectivity index (χ1) is 9.07. The molecule has 0 aromatic carbocycles. The molecular formula is C12H20N2O3S2. The average Bonchev–Trinajstić information content (AvgIpc) is 2.99.